The van der Waals surface area contributed by atoms with Crippen LogP contribution in [0.4, 0.5) is 22.0 Å². The number of rotatable bonds is 5. The lowest BCUT2D eigenvalue weighted by molar-refractivity contribution is -0.141. The summed E-state index contributed by atoms with van der Waals surface area (Å²) in [6, 6.07) is 8.51. The van der Waals surface area contributed by atoms with E-state index in [-0.39, 0.29) is 26.9 Å². The minimum absolute atomic E-state index is 0.0486. The molecule has 0 atom stereocenters. The molecule has 4 aromatic rings. The van der Waals surface area contributed by atoms with Crippen molar-refractivity contribution in [3.8, 4) is 33.2 Å². The Balaban J connectivity index is 1.77. The monoisotopic (exact) mass is 513 g/mol. The molecule has 14 heteroatoms. The van der Waals surface area contributed by atoms with Crippen LogP contribution in [0.5, 0.6) is 0 Å². The highest BCUT2D eigenvalue weighted by atomic mass is 32.2. The van der Waals surface area contributed by atoms with E-state index in [9.17, 15) is 30.4 Å². The summed E-state index contributed by atoms with van der Waals surface area (Å²) in [5.74, 6) is -0.125. The Bertz CT molecular complexity index is 1450. The van der Waals surface area contributed by atoms with E-state index >= 15 is 0 Å². The summed E-state index contributed by atoms with van der Waals surface area (Å²) in [6.07, 6.45) is -5.37. The number of thiophene rings is 1. The van der Waals surface area contributed by atoms with Gasteiger partial charge in [-0.2, -0.15) is 13.2 Å². The number of pyridine rings is 2. The van der Waals surface area contributed by atoms with Crippen LogP contribution in [0.15, 0.2) is 59.1 Å². The summed E-state index contributed by atoms with van der Waals surface area (Å²) in [5, 5.41) is 5.12. The van der Waals surface area contributed by atoms with E-state index in [0.29, 0.717) is 10.6 Å². The van der Waals surface area contributed by atoms with E-state index in [4.69, 9.17) is 5.14 Å². The molecule has 0 spiro atoms. The zero-order valence-electron chi connectivity index (χ0n) is 16.7. The van der Waals surface area contributed by atoms with Crippen LogP contribution < -0.4 is 5.14 Å². The molecule has 4 rings (SSSR count). The topological polar surface area (TPSA) is 112 Å². The maximum Gasteiger partial charge on any atom is 0.433 e. The fourth-order valence-corrected chi connectivity index (χ4v) is 4.58. The molecule has 4 aromatic heterocycles. The van der Waals surface area contributed by atoms with Gasteiger partial charge in [-0.3, -0.25) is 9.97 Å². The lowest BCUT2D eigenvalue weighted by Crippen LogP contribution is -2.09. The maximum atomic E-state index is 13.5. The van der Waals surface area contributed by atoms with Gasteiger partial charge in [0.1, 0.15) is 15.6 Å². The first-order chi connectivity index (χ1) is 15.9. The highest BCUT2D eigenvalue weighted by Gasteiger charge is 2.32. The van der Waals surface area contributed by atoms with Gasteiger partial charge in [0.05, 0.1) is 16.3 Å². The Morgan fingerprint density at radius 1 is 0.912 bits per heavy atom. The first-order valence-corrected chi connectivity index (χ1v) is 11.6. The van der Waals surface area contributed by atoms with Crippen LogP contribution in [0.1, 0.15) is 17.8 Å². The third-order valence-electron chi connectivity index (χ3n) is 4.45. The molecule has 34 heavy (non-hydrogen) atoms. The smallest absolute Gasteiger partial charge is 0.255 e. The second-order valence-corrected chi connectivity index (χ2v) is 9.70. The number of primary sulfonamides is 1. The fraction of sp³-hybridized carbons (Fsp3) is 0.100. The minimum atomic E-state index is -4.65. The summed E-state index contributed by atoms with van der Waals surface area (Å²) >= 11 is 0.872. The van der Waals surface area contributed by atoms with Gasteiger partial charge in [0.15, 0.2) is 5.82 Å². The molecular formula is C20H12F5N5O2S2. The van der Waals surface area contributed by atoms with E-state index in [1.54, 1.807) is 0 Å². The summed E-state index contributed by atoms with van der Waals surface area (Å²) in [5.41, 5.74) is -1.13. The fourth-order valence-electron chi connectivity index (χ4n) is 2.88. The quantitative estimate of drug-likeness (QED) is 0.379. The van der Waals surface area contributed by atoms with E-state index in [2.05, 4.69) is 19.9 Å². The molecular weight excluding hydrogens is 501 g/mol. The van der Waals surface area contributed by atoms with Gasteiger partial charge in [-0.1, -0.05) is 0 Å². The highest BCUT2D eigenvalue weighted by Crippen LogP contribution is 2.33. The minimum Gasteiger partial charge on any atom is -0.255 e. The van der Waals surface area contributed by atoms with Gasteiger partial charge < -0.3 is 0 Å². The zero-order chi connectivity index (χ0) is 24.7. The number of nitrogens with two attached hydrogens (primary N) is 1. The van der Waals surface area contributed by atoms with Gasteiger partial charge >= 0.3 is 6.18 Å². The molecule has 0 saturated carbocycles. The summed E-state index contributed by atoms with van der Waals surface area (Å²) in [7, 11) is -3.91. The molecule has 0 aliphatic heterocycles. The predicted octanol–water partition coefficient (Wildman–Crippen LogP) is 4.93. The van der Waals surface area contributed by atoms with Crippen LogP contribution in [0.25, 0.3) is 33.2 Å². The summed E-state index contributed by atoms with van der Waals surface area (Å²) in [6.45, 7) is 0. The standard InChI is InChI=1S/C20H12F5N5O2S2/c21-18(22)14-8-12(11-1-3-16(28-9-11)20(23,24)25)29-19(30-14)10-5-6-27-13(7-10)15-2-4-17(33-15)34(26,31)32/h1-9,18H,(H2,26,31,32). The molecule has 0 unspecified atom stereocenters. The second-order valence-electron chi connectivity index (χ2n) is 6.83. The van der Waals surface area contributed by atoms with Crippen molar-refractivity contribution in [3.63, 3.8) is 0 Å². The summed E-state index contributed by atoms with van der Waals surface area (Å²) in [4.78, 5) is 16.0. The number of halogens is 5. The molecule has 0 saturated heterocycles. The van der Waals surface area contributed by atoms with Crippen molar-refractivity contribution < 1.29 is 30.4 Å². The number of nitrogens with zero attached hydrogens (tertiary/aromatic N) is 4. The van der Waals surface area contributed by atoms with Crippen molar-refractivity contribution in [2.45, 2.75) is 16.8 Å². The van der Waals surface area contributed by atoms with Gasteiger partial charge in [0.25, 0.3) is 6.43 Å². The summed E-state index contributed by atoms with van der Waals surface area (Å²) < 4.78 is 88.3. The van der Waals surface area contributed by atoms with Crippen molar-refractivity contribution in [2.75, 3.05) is 0 Å². The average Bonchev–Trinajstić information content (AvgIpc) is 3.29. The van der Waals surface area contributed by atoms with Crippen molar-refractivity contribution >= 4 is 21.4 Å². The lowest BCUT2D eigenvalue weighted by Gasteiger charge is -2.10. The third-order valence-corrected chi connectivity index (χ3v) is 7.00. The maximum absolute atomic E-state index is 13.5. The van der Waals surface area contributed by atoms with Crippen molar-refractivity contribution in [1.29, 1.82) is 0 Å². The number of alkyl halides is 5. The van der Waals surface area contributed by atoms with Crippen LogP contribution in [0.3, 0.4) is 0 Å². The van der Waals surface area contributed by atoms with Gasteiger partial charge in [-0.25, -0.2) is 32.3 Å². The van der Waals surface area contributed by atoms with E-state index < -0.39 is 34.0 Å². The van der Waals surface area contributed by atoms with Gasteiger partial charge in [0, 0.05) is 23.5 Å². The van der Waals surface area contributed by atoms with Crippen LogP contribution in [-0.4, -0.2) is 28.4 Å². The molecule has 4 heterocycles. The van der Waals surface area contributed by atoms with Crippen LogP contribution in [0, 0.1) is 0 Å². The lowest BCUT2D eigenvalue weighted by atomic mass is 10.1. The van der Waals surface area contributed by atoms with E-state index in [1.807, 2.05) is 0 Å². The molecule has 176 valence electrons. The molecule has 7 nitrogen and oxygen atoms in total. The molecule has 0 aliphatic carbocycles. The Kier molecular flexibility index (Phi) is 6.14. The number of aromatic nitrogens is 4. The first-order valence-electron chi connectivity index (χ1n) is 9.22. The molecule has 0 bridgehead atoms. The van der Waals surface area contributed by atoms with E-state index in [0.717, 1.165) is 35.7 Å². The molecule has 0 amide bonds. The largest absolute Gasteiger partial charge is 0.433 e. The average molecular weight is 513 g/mol. The number of hydrogen-bond donors (Lipinski definition) is 1. The van der Waals surface area contributed by atoms with Crippen molar-refractivity contribution in [1.82, 2.24) is 19.9 Å². The van der Waals surface area contributed by atoms with Gasteiger partial charge in [0.2, 0.25) is 10.0 Å². The predicted molar refractivity (Wildman–Crippen MR) is 113 cm³/mol. The first kappa shape index (κ1) is 23.8. The van der Waals surface area contributed by atoms with Crippen LogP contribution in [-0.2, 0) is 16.2 Å². The van der Waals surface area contributed by atoms with E-state index in [1.165, 1.54) is 30.5 Å². The normalized spacial score (nSPS) is 12.3. The van der Waals surface area contributed by atoms with Gasteiger partial charge in [-0.05, 0) is 42.5 Å². The molecule has 0 radical (unpaired) electrons. The van der Waals surface area contributed by atoms with Crippen LogP contribution in [0.2, 0.25) is 0 Å². The third kappa shape index (κ3) is 5.08. The zero-order valence-corrected chi connectivity index (χ0v) is 18.3. The molecule has 0 fully saturated rings. The van der Waals surface area contributed by atoms with Crippen molar-refractivity contribution in [3.05, 3.63) is 66.2 Å². The number of hydrogen-bond acceptors (Lipinski definition) is 7. The molecule has 2 N–H and O–H groups in total. The Labute approximate surface area is 193 Å². The second kappa shape index (κ2) is 8.77. The molecule has 0 aliphatic rings. The molecule has 0 aromatic carbocycles. The Morgan fingerprint density at radius 2 is 1.68 bits per heavy atom. The Morgan fingerprint density at radius 3 is 2.26 bits per heavy atom. The Hall–Kier alpha value is -3.36. The number of sulfonamides is 1. The van der Waals surface area contributed by atoms with Crippen molar-refractivity contribution in [2.24, 2.45) is 5.14 Å². The highest BCUT2D eigenvalue weighted by molar-refractivity contribution is 7.91. The van der Waals surface area contributed by atoms with Gasteiger partial charge in [-0.15, -0.1) is 11.3 Å². The van der Waals surface area contributed by atoms with Crippen LogP contribution >= 0.6 is 11.3 Å². The SMILES string of the molecule is NS(=O)(=O)c1ccc(-c2cc(-c3nc(-c4ccc(C(F)(F)F)nc4)cc(C(F)F)n3)ccn2)s1.